The number of nitrogens with one attached hydrogen (secondary N) is 2. The van der Waals surface area contributed by atoms with Gasteiger partial charge in [0, 0.05) is 5.56 Å². The molecular formula is C27H27N3O3. The third kappa shape index (κ3) is 4.37. The third-order valence-electron chi connectivity index (χ3n) is 6.12. The van der Waals surface area contributed by atoms with Crippen LogP contribution in [0.2, 0.25) is 0 Å². The minimum absolute atomic E-state index is 0.239. The van der Waals surface area contributed by atoms with Gasteiger partial charge < -0.3 is 5.32 Å². The fraction of sp³-hybridized carbons (Fsp3) is 0.222. The van der Waals surface area contributed by atoms with Crippen molar-refractivity contribution in [2.45, 2.75) is 38.6 Å². The number of fused-ring (bicyclic) bond motifs is 3. The lowest BCUT2D eigenvalue weighted by molar-refractivity contribution is -0.130. The van der Waals surface area contributed by atoms with Crippen LogP contribution in [0.3, 0.4) is 0 Å². The predicted octanol–water partition coefficient (Wildman–Crippen LogP) is 4.14. The van der Waals surface area contributed by atoms with Crippen molar-refractivity contribution in [3.63, 3.8) is 0 Å². The van der Waals surface area contributed by atoms with Crippen molar-refractivity contribution in [2.24, 2.45) is 0 Å². The second kappa shape index (κ2) is 9.28. The maximum Gasteiger partial charge on any atom is 0.261 e. The topological polar surface area (TPSA) is 78.5 Å². The van der Waals surface area contributed by atoms with Crippen LogP contribution in [0.25, 0.3) is 11.1 Å². The lowest BCUT2D eigenvalue weighted by Gasteiger charge is -2.27. The summed E-state index contributed by atoms with van der Waals surface area (Å²) in [7, 11) is 0. The highest BCUT2D eigenvalue weighted by molar-refractivity contribution is 6.06. The summed E-state index contributed by atoms with van der Waals surface area (Å²) < 4.78 is 0. The Hall–Kier alpha value is -3.93. The van der Waals surface area contributed by atoms with E-state index in [0.717, 1.165) is 22.3 Å². The van der Waals surface area contributed by atoms with Gasteiger partial charge in [0.1, 0.15) is 6.04 Å². The Balaban J connectivity index is 1.55. The van der Waals surface area contributed by atoms with Crippen LogP contribution in [-0.2, 0) is 14.4 Å². The number of amides is 3. The molecule has 2 N–H and O–H groups in total. The quantitative estimate of drug-likeness (QED) is 0.625. The molecule has 6 nitrogen and oxygen atoms in total. The number of hydrogen-bond donors (Lipinski definition) is 2. The zero-order valence-electron chi connectivity index (χ0n) is 18.9. The summed E-state index contributed by atoms with van der Waals surface area (Å²) in [6.07, 6.45) is 0. The monoisotopic (exact) mass is 441 g/mol. The zero-order valence-corrected chi connectivity index (χ0v) is 18.9. The van der Waals surface area contributed by atoms with E-state index in [2.05, 4.69) is 10.7 Å². The van der Waals surface area contributed by atoms with Gasteiger partial charge in [0.2, 0.25) is 5.91 Å². The summed E-state index contributed by atoms with van der Waals surface area (Å²) >= 11 is 0. The molecule has 1 heterocycles. The van der Waals surface area contributed by atoms with Gasteiger partial charge in [0.25, 0.3) is 11.8 Å². The molecule has 0 fully saturated rings. The molecule has 168 valence electrons. The van der Waals surface area contributed by atoms with Gasteiger partial charge in [-0.15, -0.1) is 0 Å². The standard InChI is InChI=1S/C27H27N3O3/c1-17(20-11-5-4-6-12-20)25(31)28-19(3)26(32)29-30-24-16-10-9-15-23(24)22-14-8-7-13-21(22)18(2)27(30)33/h4-19H,1-3H3,(H,28,31)(H,29,32)/t17?,18?,19-/m0/s1. The van der Waals surface area contributed by atoms with Crippen LogP contribution in [0.15, 0.2) is 78.9 Å². The van der Waals surface area contributed by atoms with Gasteiger partial charge in [-0.05, 0) is 43.5 Å². The first-order valence-electron chi connectivity index (χ1n) is 11.1. The minimum atomic E-state index is -0.829. The van der Waals surface area contributed by atoms with Crippen LogP contribution >= 0.6 is 0 Å². The van der Waals surface area contributed by atoms with E-state index in [1.807, 2.05) is 85.8 Å². The largest absolute Gasteiger partial charge is 0.344 e. The maximum absolute atomic E-state index is 13.4. The van der Waals surface area contributed by atoms with Crippen molar-refractivity contribution in [2.75, 3.05) is 5.01 Å². The molecule has 0 aromatic heterocycles. The van der Waals surface area contributed by atoms with Gasteiger partial charge in [-0.2, -0.15) is 0 Å². The fourth-order valence-corrected chi connectivity index (χ4v) is 4.08. The van der Waals surface area contributed by atoms with E-state index in [9.17, 15) is 14.4 Å². The molecule has 33 heavy (non-hydrogen) atoms. The molecule has 0 radical (unpaired) electrons. The van der Waals surface area contributed by atoms with E-state index in [1.165, 1.54) is 5.01 Å². The molecule has 0 saturated heterocycles. The Morgan fingerprint density at radius 3 is 2.15 bits per heavy atom. The third-order valence-corrected chi connectivity index (χ3v) is 6.12. The van der Waals surface area contributed by atoms with Crippen molar-refractivity contribution in [1.82, 2.24) is 10.7 Å². The van der Waals surface area contributed by atoms with E-state index < -0.39 is 23.8 Å². The van der Waals surface area contributed by atoms with Crippen LogP contribution in [0.4, 0.5) is 5.69 Å². The number of para-hydroxylation sites is 1. The van der Waals surface area contributed by atoms with Crippen molar-refractivity contribution in [3.05, 3.63) is 90.0 Å². The number of anilines is 1. The summed E-state index contributed by atoms with van der Waals surface area (Å²) in [5, 5.41) is 4.07. The Morgan fingerprint density at radius 1 is 0.818 bits per heavy atom. The Bertz CT molecular complexity index is 1190. The van der Waals surface area contributed by atoms with Gasteiger partial charge in [-0.1, -0.05) is 72.8 Å². The second-order valence-electron chi connectivity index (χ2n) is 8.34. The first-order chi connectivity index (χ1) is 15.9. The van der Waals surface area contributed by atoms with Crippen LogP contribution in [-0.4, -0.2) is 23.8 Å². The van der Waals surface area contributed by atoms with E-state index in [-0.39, 0.29) is 11.8 Å². The minimum Gasteiger partial charge on any atom is -0.344 e. The molecule has 1 aliphatic rings. The molecule has 2 unspecified atom stereocenters. The van der Waals surface area contributed by atoms with Crippen molar-refractivity contribution in [1.29, 1.82) is 0 Å². The molecule has 3 amide bonds. The molecule has 0 spiro atoms. The molecule has 6 heteroatoms. The highest BCUT2D eigenvalue weighted by atomic mass is 16.2. The van der Waals surface area contributed by atoms with Gasteiger partial charge in [0.05, 0.1) is 17.5 Å². The van der Waals surface area contributed by atoms with Crippen molar-refractivity contribution >= 4 is 23.4 Å². The lowest BCUT2D eigenvalue weighted by Crippen LogP contribution is -2.54. The molecule has 0 aliphatic carbocycles. The smallest absolute Gasteiger partial charge is 0.261 e. The Morgan fingerprint density at radius 2 is 1.42 bits per heavy atom. The summed E-state index contributed by atoms with van der Waals surface area (Å²) in [4.78, 5) is 39.1. The van der Waals surface area contributed by atoms with E-state index >= 15 is 0 Å². The molecule has 3 aromatic rings. The Kier molecular flexibility index (Phi) is 6.27. The fourth-order valence-electron chi connectivity index (χ4n) is 4.08. The number of hydrogen-bond acceptors (Lipinski definition) is 3. The normalized spacial score (nSPS) is 16.6. The summed E-state index contributed by atoms with van der Waals surface area (Å²) in [5.41, 5.74) is 6.94. The van der Waals surface area contributed by atoms with Gasteiger partial charge in [-0.25, -0.2) is 5.01 Å². The molecule has 0 bridgehead atoms. The molecule has 1 aliphatic heterocycles. The van der Waals surface area contributed by atoms with Gasteiger partial charge >= 0.3 is 0 Å². The highest BCUT2D eigenvalue weighted by Gasteiger charge is 2.33. The highest BCUT2D eigenvalue weighted by Crippen LogP contribution is 2.39. The predicted molar refractivity (Wildman–Crippen MR) is 128 cm³/mol. The number of rotatable bonds is 5. The van der Waals surface area contributed by atoms with Crippen molar-refractivity contribution < 1.29 is 14.4 Å². The van der Waals surface area contributed by atoms with Crippen LogP contribution in [0.1, 0.15) is 43.7 Å². The van der Waals surface area contributed by atoms with E-state index in [4.69, 9.17) is 0 Å². The Labute approximate surface area is 193 Å². The van der Waals surface area contributed by atoms with Crippen LogP contribution in [0.5, 0.6) is 0 Å². The van der Waals surface area contributed by atoms with Gasteiger partial charge in [-0.3, -0.25) is 19.8 Å². The summed E-state index contributed by atoms with van der Waals surface area (Å²) in [5.74, 6) is -1.82. The first kappa shape index (κ1) is 22.3. The number of hydrazine groups is 1. The van der Waals surface area contributed by atoms with E-state index in [0.29, 0.717) is 5.69 Å². The molecule has 0 saturated carbocycles. The summed E-state index contributed by atoms with van der Waals surface area (Å²) in [6, 6.07) is 23.8. The van der Waals surface area contributed by atoms with E-state index in [1.54, 1.807) is 13.8 Å². The van der Waals surface area contributed by atoms with Crippen LogP contribution in [0, 0.1) is 0 Å². The molecule has 3 atom stereocenters. The van der Waals surface area contributed by atoms with Crippen LogP contribution < -0.4 is 15.8 Å². The van der Waals surface area contributed by atoms with Crippen molar-refractivity contribution in [3.8, 4) is 11.1 Å². The zero-order chi connectivity index (χ0) is 23.5. The maximum atomic E-state index is 13.4. The number of nitrogens with zero attached hydrogens (tertiary/aromatic N) is 1. The average molecular weight is 442 g/mol. The molecular weight excluding hydrogens is 414 g/mol. The average Bonchev–Trinajstić information content (AvgIpc) is 2.93. The SMILES string of the molecule is CC(C(=O)N[C@@H](C)C(=O)NN1C(=O)C(C)c2ccccc2-c2ccccc21)c1ccccc1. The number of carbonyl (C=O) groups excluding carboxylic acids is 3. The number of carbonyl (C=O) groups is 3. The molecule has 4 rings (SSSR count). The lowest BCUT2D eigenvalue weighted by atomic mass is 9.92. The first-order valence-corrected chi connectivity index (χ1v) is 11.1. The molecule has 3 aromatic carbocycles. The second-order valence-corrected chi connectivity index (χ2v) is 8.34. The number of benzene rings is 3. The van der Waals surface area contributed by atoms with Gasteiger partial charge in [0.15, 0.2) is 0 Å². The summed E-state index contributed by atoms with van der Waals surface area (Å²) in [6.45, 7) is 5.24.